The van der Waals surface area contributed by atoms with Crippen LogP contribution in [-0.2, 0) is 4.79 Å². The fraction of sp³-hybridized carbons (Fsp3) is 0.0833. The van der Waals surface area contributed by atoms with Crippen molar-refractivity contribution in [3.8, 4) is 11.4 Å². The van der Waals surface area contributed by atoms with E-state index in [0.717, 1.165) is 21.8 Å². The maximum Gasteiger partial charge on any atom is 0.266 e. The van der Waals surface area contributed by atoms with Gasteiger partial charge in [0.2, 0.25) is 0 Å². The fourth-order valence-electron chi connectivity index (χ4n) is 3.10. The number of aromatic nitrogens is 2. The Bertz CT molecular complexity index is 1420. The minimum Gasteiger partial charge on any atom is -0.507 e. The zero-order valence-electron chi connectivity index (χ0n) is 17.5. The van der Waals surface area contributed by atoms with Crippen molar-refractivity contribution in [1.29, 1.82) is 0 Å². The summed E-state index contributed by atoms with van der Waals surface area (Å²) >= 11 is 4.47. The highest BCUT2D eigenvalue weighted by molar-refractivity contribution is 9.10. The van der Waals surface area contributed by atoms with Crippen LogP contribution < -0.4 is 11.0 Å². The molecule has 0 saturated carbocycles. The van der Waals surface area contributed by atoms with Gasteiger partial charge in [0.1, 0.15) is 5.75 Å². The summed E-state index contributed by atoms with van der Waals surface area (Å²) in [6, 6.07) is 19.6. The number of nitrogens with zero attached hydrogens (tertiary/aromatic N) is 3. The molecule has 0 saturated heterocycles. The van der Waals surface area contributed by atoms with Gasteiger partial charge in [-0.15, -0.1) is 0 Å². The second-order valence-electron chi connectivity index (χ2n) is 7.17. The van der Waals surface area contributed by atoms with Gasteiger partial charge in [-0.1, -0.05) is 57.5 Å². The van der Waals surface area contributed by atoms with E-state index in [4.69, 9.17) is 0 Å². The van der Waals surface area contributed by atoms with Gasteiger partial charge in [-0.25, -0.2) is 10.4 Å². The first-order valence-corrected chi connectivity index (χ1v) is 11.7. The molecule has 0 aliphatic carbocycles. The number of phenols is 1. The molecule has 0 bridgehead atoms. The van der Waals surface area contributed by atoms with Crippen LogP contribution in [0, 0.1) is 6.92 Å². The highest BCUT2D eigenvalue weighted by Crippen LogP contribution is 2.22. The molecule has 7 nitrogen and oxygen atoms in total. The van der Waals surface area contributed by atoms with Crippen LogP contribution in [0.4, 0.5) is 0 Å². The number of carbonyl (C=O) groups excluding carboxylic acids is 1. The monoisotopic (exact) mass is 522 g/mol. The Morgan fingerprint density at radius 3 is 2.73 bits per heavy atom. The molecule has 166 valence electrons. The van der Waals surface area contributed by atoms with Crippen molar-refractivity contribution in [3.05, 3.63) is 92.7 Å². The Hall–Kier alpha value is -3.43. The molecule has 1 aromatic heterocycles. The number of phenolic OH excluding ortho intramolecular Hbond substituents is 1. The smallest absolute Gasteiger partial charge is 0.266 e. The third kappa shape index (κ3) is 5.32. The van der Waals surface area contributed by atoms with Gasteiger partial charge in [0.25, 0.3) is 11.5 Å². The highest BCUT2D eigenvalue weighted by atomic mass is 79.9. The summed E-state index contributed by atoms with van der Waals surface area (Å²) in [4.78, 5) is 30.2. The van der Waals surface area contributed by atoms with Gasteiger partial charge < -0.3 is 5.11 Å². The second kappa shape index (κ2) is 10.0. The lowest BCUT2D eigenvalue weighted by molar-refractivity contribution is -0.118. The Morgan fingerprint density at radius 2 is 1.94 bits per heavy atom. The summed E-state index contributed by atoms with van der Waals surface area (Å²) in [7, 11) is 0. The molecule has 0 atom stereocenters. The van der Waals surface area contributed by atoms with Gasteiger partial charge in [-0.2, -0.15) is 5.10 Å². The van der Waals surface area contributed by atoms with E-state index in [-0.39, 0.29) is 23.0 Å². The number of benzene rings is 3. The lowest BCUT2D eigenvalue weighted by Crippen LogP contribution is -2.24. The molecule has 1 amide bonds. The molecule has 0 spiro atoms. The van der Waals surface area contributed by atoms with Crippen molar-refractivity contribution in [3.63, 3.8) is 0 Å². The molecule has 0 radical (unpaired) electrons. The predicted octanol–water partition coefficient (Wildman–Crippen LogP) is 4.40. The summed E-state index contributed by atoms with van der Waals surface area (Å²) in [6.45, 7) is 1.97. The largest absolute Gasteiger partial charge is 0.507 e. The van der Waals surface area contributed by atoms with Crippen LogP contribution >= 0.6 is 27.7 Å². The first kappa shape index (κ1) is 22.8. The Labute approximate surface area is 202 Å². The number of hydrogen-bond donors (Lipinski definition) is 2. The van der Waals surface area contributed by atoms with Crippen molar-refractivity contribution >= 4 is 50.7 Å². The van der Waals surface area contributed by atoms with Crippen molar-refractivity contribution in [2.24, 2.45) is 5.10 Å². The van der Waals surface area contributed by atoms with E-state index in [1.807, 2.05) is 37.3 Å². The van der Waals surface area contributed by atoms with Crippen LogP contribution in [0.2, 0.25) is 0 Å². The van der Waals surface area contributed by atoms with E-state index in [9.17, 15) is 14.7 Å². The molecule has 2 N–H and O–H groups in total. The standard InChI is InChI=1S/C24H19BrN4O3S/c1-15-6-9-18(10-7-15)29-23(32)19-4-2-3-5-20(19)27-24(29)33-14-22(31)28-26-13-16-12-17(25)8-11-21(16)30/h2-13,30H,14H2,1H3,(H,28,31). The topological polar surface area (TPSA) is 96.6 Å². The molecule has 1 heterocycles. The number of thioether (sulfide) groups is 1. The first-order chi connectivity index (χ1) is 15.9. The quantitative estimate of drug-likeness (QED) is 0.169. The Kier molecular flexibility index (Phi) is 6.90. The number of para-hydroxylation sites is 1. The maximum absolute atomic E-state index is 13.2. The van der Waals surface area contributed by atoms with Crippen LogP contribution in [-0.4, -0.2) is 32.5 Å². The van der Waals surface area contributed by atoms with Gasteiger partial charge in [0.05, 0.1) is 28.6 Å². The SMILES string of the molecule is Cc1ccc(-n2c(SCC(=O)NN=Cc3cc(Br)ccc3O)nc3ccccc3c2=O)cc1. The van der Waals surface area contributed by atoms with Gasteiger partial charge >= 0.3 is 0 Å². The van der Waals surface area contributed by atoms with Crippen LogP contribution in [0.1, 0.15) is 11.1 Å². The first-order valence-electron chi connectivity index (χ1n) is 9.94. The number of fused-ring (bicyclic) bond motifs is 1. The molecule has 0 aliphatic rings. The molecule has 3 aromatic carbocycles. The highest BCUT2D eigenvalue weighted by Gasteiger charge is 2.14. The number of hydrogen-bond acceptors (Lipinski definition) is 6. The summed E-state index contributed by atoms with van der Waals surface area (Å²) in [5.74, 6) is -0.324. The minimum atomic E-state index is -0.372. The lowest BCUT2D eigenvalue weighted by Gasteiger charge is -2.13. The summed E-state index contributed by atoms with van der Waals surface area (Å²) in [6.07, 6.45) is 1.36. The van der Waals surface area contributed by atoms with Crippen LogP contribution in [0.3, 0.4) is 0 Å². The van der Waals surface area contributed by atoms with Crippen molar-refractivity contribution in [2.75, 3.05) is 5.75 Å². The number of amides is 1. The number of aryl methyl sites for hydroxylation is 1. The Morgan fingerprint density at radius 1 is 1.18 bits per heavy atom. The third-order valence-electron chi connectivity index (χ3n) is 4.75. The van der Waals surface area contributed by atoms with E-state index >= 15 is 0 Å². The Balaban J connectivity index is 1.56. The number of nitrogens with one attached hydrogen (secondary N) is 1. The fourth-order valence-corrected chi connectivity index (χ4v) is 4.28. The number of halogens is 1. The normalized spacial score (nSPS) is 11.2. The average molecular weight is 523 g/mol. The predicted molar refractivity (Wildman–Crippen MR) is 134 cm³/mol. The third-order valence-corrected chi connectivity index (χ3v) is 6.18. The van der Waals surface area contributed by atoms with E-state index in [1.54, 1.807) is 30.3 Å². The van der Waals surface area contributed by atoms with Gasteiger partial charge in [0.15, 0.2) is 5.16 Å². The van der Waals surface area contributed by atoms with Gasteiger partial charge in [-0.05, 0) is 49.4 Å². The minimum absolute atomic E-state index is 0.00154. The zero-order valence-corrected chi connectivity index (χ0v) is 19.9. The van der Waals surface area contributed by atoms with Crippen molar-refractivity contribution < 1.29 is 9.90 Å². The van der Waals surface area contributed by atoms with Crippen LogP contribution in [0.25, 0.3) is 16.6 Å². The lowest BCUT2D eigenvalue weighted by atomic mass is 10.2. The van der Waals surface area contributed by atoms with Crippen LogP contribution in [0.5, 0.6) is 5.75 Å². The van der Waals surface area contributed by atoms with E-state index in [1.165, 1.54) is 16.8 Å². The van der Waals surface area contributed by atoms with Crippen molar-refractivity contribution in [1.82, 2.24) is 15.0 Å². The summed E-state index contributed by atoms with van der Waals surface area (Å²) in [5, 5.41) is 14.7. The molecule has 4 rings (SSSR count). The molecular weight excluding hydrogens is 504 g/mol. The molecule has 0 fully saturated rings. The molecule has 4 aromatic rings. The molecule has 33 heavy (non-hydrogen) atoms. The van der Waals surface area contributed by atoms with Gasteiger partial charge in [0, 0.05) is 10.0 Å². The summed E-state index contributed by atoms with van der Waals surface area (Å²) < 4.78 is 2.29. The number of aromatic hydroxyl groups is 1. The van der Waals surface area contributed by atoms with Crippen molar-refractivity contribution in [2.45, 2.75) is 12.1 Å². The number of rotatable bonds is 6. The molecular formula is C24H19BrN4O3S. The summed E-state index contributed by atoms with van der Waals surface area (Å²) in [5.41, 5.74) is 5.01. The van der Waals surface area contributed by atoms with E-state index in [0.29, 0.717) is 27.3 Å². The average Bonchev–Trinajstić information content (AvgIpc) is 2.81. The number of hydrazone groups is 1. The van der Waals surface area contributed by atoms with Gasteiger partial charge in [-0.3, -0.25) is 14.2 Å². The maximum atomic E-state index is 13.2. The second-order valence-corrected chi connectivity index (χ2v) is 9.03. The zero-order chi connectivity index (χ0) is 23.4. The molecule has 0 unspecified atom stereocenters. The van der Waals surface area contributed by atoms with E-state index < -0.39 is 0 Å². The molecule has 0 aliphatic heterocycles. The number of carbonyl (C=O) groups is 1. The van der Waals surface area contributed by atoms with E-state index in [2.05, 4.69) is 31.4 Å². The molecule has 9 heteroatoms. The van der Waals surface area contributed by atoms with Crippen LogP contribution in [0.15, 0.2) is 86.3 Å².